The molecule has 1 unspecified atom stereocenters. The summed E-state index contributed by atoms with van der Waals surface area (Å²) in [6.07, 6.45) is 4.70. The third kappa shape index (κ3) is 2.36. The Kier molecular flexibility index (Phi) is 3.14. The highest BCUT2D eigenvalue weighted by Crippen LogP contribution is 2.04. The van der Waals surface area contributed by atoms with Gasteiger partial charge in [0.2, 0.25) is 5.91 Å². The average molecular weight is 219 g/mol. The molecule has 0 bridgehead atoms. The normalized spacial score (nSPS) is 20.0. The Labute approximate surface area is 93.3 Å². The second kappa shape index (κ2) is 4.74. The number of carbonyl (C=O) groups is 2. The van der Waals surface area contributed by atoms with Crippen LogP contribution < -0.4 is 10.6 Å². The van der Waals surface area contributed by atoms with Crippen molar-refractivity contribution in [1.82, 2.24) is 15.6 Å². The fourth-order valence-electron chi connectivity index (χ4n) is 1.65. The van der Waals surface area contributed by atoms with E-state index in [0.29, 0.717) is 18.5 Å². The Balaban J connectivity index is 1.99. The first-order chi connectivity index (χ1) is 7.77. The van der Waals surface area contributed by atoms with Crippen molar-refractivity contribution in [3.05, 3.63) is 30.1 Å². The summed E-state index contributed by atoms with van der Waals surface area (Å²) in [4.78, 5) is 27.0. The van der Waals surface area contributed by atoms with Gasteiger partial charge in [-0.3, -0.25) is 14.6 Å². The van der Waals surface area contributed by atoms with E-state index >= 15 is 0 Å². The van der Waals surface area contributed by atoms with Crippen LogP contribution in [0.2, 0.25) is 0 Å². The molecule has 5 nitrogen and oxygen atoms in total. The van der Waals surface area contributed by atoms with Gasteiger partial charge in [0.1, 0.15) is 6.04 Å². The fraction of sp³-hybridized carbons (Fsp3) is 0.364. The molecule has 16 heavy (non-hydrogen) atoms. The zero-order valence-electron chi connectivity index (χ0n) is 8.77. The summed E-state index contributed by atoms with van der Waals surface area (Å²) in [7, 11) is 0. The lowest BCUT2D eigenvalue weighted by molar-refractivity contribution is -0.124. The fourth-order valence-corrected chi connectivity index (χ4v) is 1.65. The first kappa shape index (κ1) is 10.6. The molecule has 1 saturated heterocycles. The second-order valence-electron chi connectivity index (χ2n) is 3.70. The van der Waals surface area contributed by atoms with E-state index in [1.54, 1.807) is 24.5 Å². The largest absolute Gasteiger partial charge is 0.354 e. The molecule has 1 aromatic heterocycles. The number of rotatable bonds is 2. The number of aromatic nitrogens is 1. The predicted molar refractivity (Wildman–Crippen MR) is 57.7 cm³/mol. The molecule has 0 aromatic carbocycles. The Morgan fingerprint density at radius 1 is 1.44 bits per heavy atom. The maximum Gasteiger partial charge on any atom is 0.252 e. The van der Waals surface area contributed by atoms with Crippen LogP contribution in [0.3, 0.4) is 0 Å². The maximum absolute atomic E-state index is 11.7. The summed E-state index contributed by atoms with van der Waals surface area (Å²) in [5.41, 5.74) is 0.522. The molecule has 1 aliphatic rings. The molecular formula is C11H13N3O2. The van der Waals surface area contributed by atoms with Crippen LogP contribution in [-0.4, -0.2) is 29.4 Å². The van der Waals surface area contributed by atoms with E-state index in [1.807, 2.05) is 0 Å². The van der Waals surface area contributed by atoms with E-state index in [9.17, 15) is 9.59 Å². The molecule has 2 amide bonds. The van der Waals surface area contributed by atoms with Gasteiger partial charge in [0.15, 0.2) is 0 Å². The topological polar surface area (TPSA) is 71.1 Å². The van der Waals surface area contributed by atoms with Crippen molar-refractivity contribution in [2.45, 2.75) is 18.9 Å². The molecule has 84 valence electrons. The second-order valence-corrected chi connectivity index (χ2v) is 3.70. The highest BCUT2D eigenvalue weighted by Gasteiger charge is 2.23. The molecule has 1 aliphatic heterocycles. The molecular weight excluding hydrogens is 206 g/mol. The van der Waals surface area contributed by atoms with Crippen LogP contribution >= 0.6 is 0 Å². The Morgan fingerprint density at radius 3 is 2.88 bits per heavy atom. The van der Waals surface area contributed by atoms with Gasteiger partial charge < -0.3 is 10.6 Å². The van der Waals surface area contributed by atoms with Crippen LogP contribution in [0.15, 0.2) is 24.5 Å². The Bertz CT molecular complexity index is 391. The summed E-state index contributed by atoms with van der Waals surface area (Å²) in [5, 5.41) is 5.43. The molecule has 1 atom stereocenters. The van der Waals surface area contributed by atoms with Gasteiger partial charge in [-0.25, -0.2) is 0 Å². The molecule has 1 aromatic rings. The predicted octanol–water partition coefficient (Wildman–Crippen LogP) is 0.0900. The van der Waals surface area contributed by atoms with E-state index in [-0.39, 0.29) is 11.8 Å². The summed E-state index contributed by atoms with van der Waals surface area (Å²) in [5.74, 6) is -0.335. The van der Waals surface area contributed by atoms with Gasteiger partial charge in [0.05, 0.1) is 0 Å². The first-order valence-corrected chi connectivity index (χ1v) is 5.26. The van der Waals surface area contributed by atoms with Gasteiger partial charge in [-0.1, -0.05) is 0 Å². The molecule has 2 N–H and O–H groups in total. The number of carbonyl (C=O) groups excluding carboxylic acids is 2. The third-order valence-electron chi connectivity index (χ3n) is 2.53. The highest BCUT2D eigenvalue weighted by atomic mass is 16.2. The smallest absolute Gasteiger partial charge is 0.252 e. The van der Waals surface area contributed by atoms with Crippen molar-refractivity contribution >= 4 is 11.8 Å². The van der Waals surface area contributed by atoms with Crippen LogP contribution in [0.4, 0.5) is 0 Å². The van der Waals surface area contributed by atoms with Crippen LogP contribution in [-0.2, 0) is 4.79 Å². The minimum absolute atomic E-state index is 0.103. The highest BCUT2D eigenvalue weighted by molar-refractivity contribution is 5.97. The van der Waals surface area contributed by atoms with Crippen LogP contribution in [0.5, 0.6) is 0 Å². The average Bonchev–Trinajstić information content (AvgIpc) is 2.33. The van der Waals surface area contributed by atoms with Crippen LogP contribution in [0.1, 0.15) is 23.2 Å². The Morgan fingerprint density at radius 2 is 2.19 bits per heavy atom. The van der Waals surface area contributed by atoms with Gasteiger partial charge in [-0.05, 0) is 25.0 Å². The number of nitrogens with one attached hydrogen (secondary N) is 2. The number of amides is 2. The summed E-state index contributed by atoms with van der Waals surface area (Å²) < 4.78 is 0. The van der Waals surface area contributed by atoms with E-state index in [2.05, 4.69) is 15.6 Å². The van der Waals surface area contributed by atoms with Crippen molar-refractivity contribution < 1.29 is 9.59 Å². The molecule has 0 aliphatic carbocycles. The van der Waals surface area contributed by atoms with Gasteiger partial charge >= 0.3 is 0 Å². The van der Waals surface area contributed by atoms with Crippen LogP contribution in [0, 0.1) is 0 Å². The first-order valence-electron chi connectivity index (χ1n) is 5.26. The van der Waals surface area contributed by atoms with Crippen molar-refractivity contribution in [1.29, 1.82) is 0 Å². The molecule has 0 spiro atoms. The number of hydrogen-bond donors (Lipinski definition) is 2. The lowest BCUT2D eigenvalue weighted by Crippen LogP contribution is -2.50. The third-order valence-corrected chi connectivity index (χ3v) is 2.53. The van der Waals surface area contributed by atoms with Gasteiger partial charge in [0.25, 0.3) is 5.91 Å². The SMILES string of the molecule is O=C(NC1CCCNC1=O)c1ccncc1. The van der Waals surface area contributed by atoms with Crippen molar-refractivity contribution in [3.63, 3.8) is 0 Å². The summed E-state index contributed by atoms with van der Waals surface area (Å²) >= 11 is 0. The van der Waals surface area contributed by atoms with Gasteiger partial charge in [-0.15, -0.1) is 0 Å². The monoisotopic (exact) mass is 219 g/mol. The number of piperidine rings is 1. The van der Waals surface area contributed by atoms with E-state index < -0.39 is 6.04 Å². The molecule has 0 saturated carbocycles. The van der Waals surface area contributed by atoms with Gasteiger partial charge in [-0.2, -0.15) is 0 Å². The molecule has 0 radical (unpaired) electrons. The molecule has 2 rings (SSSR count). The van der Waals surface area contributed by atoms with Crippen LogP contribution in [0.25, 0.3) is 0 Å². The van der Waals surface area contributed by atoms with E-state index in [4.69, 9.17) is 0 Å². The minimum atomic E-state index is -0.408. The van der Waals surface area contributed by atoms with Gasteiger partial charge in [0, 0.05) is 24.5 Å². The number of nitrogens with zero attached hydrogens (tertiary/aromatic N) is 1. The number of hydrogen-bond acceptors (Lipinski definition) is 3. The Hall–Kier alpha value is -1.91. The summed E-state index contributed by atoms with van der Waals surface area (Å²) in [6.45, 7) is 0.695. The lowest BCUT2D eigenvalue weighted by atomic mass is 10.1. The standard InChI is InChI=1S/C11H13N3O2/c15-10(8-3-6-12-7-4-8)14-9-2-1-5-13-11(9)16/h3-4,6-7,9H,1-2,5H2,(H,13,16)(H,14,15). The van der Waals surface area contributed by atoms with Crippen molar-refractivity contribution in [2.24, 2.45) is 0 Å². The number of pyridine rings is 1. The van der Waals surface area contributed by atoms with Crippen molar-refractivity contribution in [2.75, 3.05) is 6.54 Å². The summed E-state index contributed by atoms with van der Waals surface area (Å²) in [6, 6.07) is 2.83. The van der Waals surface area contributed by atoms with Crippen molar-refractivity contribution in [3.8, 4) is 0 Å². The quantitative estimate of drug-likeness (QED) is 0.740. The minimum Gasteiger partial charge on any atom is -0.354 e. The van der Waals surface area contributed by atoms with E-state index in [0.717, 1.165) is 6.42 Å². The van der Waals surface area contributed by atoms with E-state index in [1.165, 1.54) is 0 Å². The zero-order valence-corrected chi connectivity index (χ0v) is 8.77. The maximum atomic E-state index is 11.7. The molecule has 1 fully saturated rings. The zero-order chi connectivity index (χ0) is 11.4. The lowest BCUT2D eigenvalue weighted by Gasteiger charge is -2.22. The molecule has 2 heterocycles. The molecule has 5 heteroatoms.